The average Bonchev–Trinajstić information content (AvgIpc) is 2.75. The van der Waals surface area contributed by atoms with Crippen LogP contribution in [0, 0.1) is 22.7 Å². The fourth-order valence-electron chi connectivity index (χ4n) is 3.28. The molecule has 0 aliphatic carbocycles. The molecule has 0 saturated carbocycles. The highest BCUT2D eigenvalue weighted by atomic mass is 16.6. The van der Waals surface area contributed by atoms with Gasteiger partial charge in [-0.05, 0) is 47.8 Å². The van der Waals surface area contributed by atoms with Crippen LogP contribution in [-0.2, 0) is 35.1 Å². The van der Waals surface area contributed by atoms with E-state index in [1.165, 1.54) is 12.1 Å². The number of hydrogen-bond acceptors (Lipinski definition) is 9. The first-order valence-electron chi connectivity index (χ1n) is 13.4. The first-order valence-corrected chi connectivity index (χ1v) is 13.4. The molecule has 0 radical (unpaired) electrons. The highest BCUT2D eigenvalue weighted by molar-refractivity contribution is 5.78. The lowest BCUT2D eigenvalue weighted by Crippen LogP contribution is -2.36. The first-order chi connectivity index (χ1) is 17.8. The fourth-order valence-corrected chi connectivity index (χ4v) is 3.28. The van der Waals surface area contributed by atoms with Crippen molar-refractivity contribution in [2.24, 2.45) is 28.4 Å². The minimum Gasteiger partial charge on any atom is -0.461 e. The molecule has 0 saturated heterocycles. The number of esters is 4. The van der Waals surface area contributed by atoms with E-state index in [1.54, 1.807) is 19.9 Å². The van der Waals surface area contributed by atoms with Crippen LogP contribution < -0.4 is 15.2 Å². The Hall–Kier alpha value is -2.94. The molecule has 0 bridgehead atoms. The molecule has 0 spiro atoms. The number of hydrogen-bond donors (Lipinski definition) is 1. The lowest BCUT2D eigenvalue weighted by atomic mass is 9.92. The summed E-state index contributed by atoms with van der Waals surface area (Å²) in [5.41, 5.74) is 6.07. The summed E-state index contributed by atoms with van der Waals surface area (Å²) in [5.74, 6) is -1.91. The Morgan fingerprint density at radius 3 is 1.79 bits per heavy atom. The van der Waals surface area contributed by atoms with Gasteiger partial charge in [-0.1, -0.05) is 68.4 Å². The van der Waals surface area contributed by atoms with Gasteiger partial charge in [0.2, 0.25) is 0 Å². The molecule has 1 unspecified atom stereocenters. The second-order valence-corrected chi connectivity index (χ2v) is 12.9. The molecule has 0 aliphatic rings. The van der Waals surface area contributed by atoms with Gasteiger partial charge in [-0.15, -0.1) is 0 Å². The van der Waals surface area contributed by atoms with Gasteiger partial charge in [0.05, 0.1) is 18.8 Å². The van der Waals surface area contributed by atoms with Crippen molar-refractivity contribution in [3.8, 4) is 11.5 Å². The van der Waals surface area contributed by atoms with E-state index in [-0.39, 0.29) is 66.0 Å². The fraction of sp³-hybridized carbons (Fsp3) is 0.667. The van der Waals surface area contributed by atoms with Gasteiger partial charge >= 0.3 is 23.9 Å². The molecule has 39 heavy (non-hydrogen) atoms. The van der Waals surface area contributed by atoms with Crippen LogP contribution in [0.2, 0.25) is 0 Å². The van der Waals surface area contributed by atoms with Crippen molar-refractivity contribution < 1.29 is 38.1 Å². The molecule has 0 aromatic heterocycles. The molecule has 1 aromatic rings. The van der Waals surface area contributed by atoms with Gasteiger partial charge in [-0.3, -0.25) is 19.2 Å². The number of nitrogens with two attached hydrogens (primary N) is 1. The van der Waals surface area contributed by atoms with Crippen molar-refractivity contribution in [2.75, 3.05) is 6.61 Å². The number of ether oxygens (including phenoxy) is 4. The molecule has 1 aromatic carbocycles. The third kappa shape index (κ3) is 13.6. The van der Waals surface area contributed by atoms with Crippen molar-refractivity contribution in [3.63, 3.8) is 0 Å². The van der Waals surface area contributed by atoms with Crippen molar-refractivity contribution in [3.05, 3.63) is 23.8 Å². The lowest BCUT2D eigenvalue weighted by molar-refractivity contribution is -0.162. The van der Waals surface area contributed by atoms with E-state index in [9.17, 15) is 19.2 Å². The number of carbonyl (C=O) groups is 4. The highest BCUT2D eigenvalue weighted by Crippen LogP contribution is 2.32. The number of rotatable bonds is 12. The van der Waals surface area contributed by atoms with Gasteiger partial charge in [0.1, 0.15) is 18.8 Å². The van der Waals surface area contributed by atoms with E-state index >= 15 is 0 Å². The molecule has 9 heteroatoms. The third-order valence-corrected chi connectivity index (χ3v) is 5.71. The third-order valence-electron chi connectivity index (χ3n) is 5.71. The van der Waals surface area contributed by atoms with Gasteiger partial charge < -0.3 is 24.7 Å². The molecule has 0 aliphatic heterocycles. The van der Waals surface area contributed by atoms with E-state index in [4.69, 9.17) is 24.7 Å². The molecule has 1 rings (SSSR count). The predicted molar refractivity (Wildman–Crippen MR) is 148 cm³/mol. The molecule has 2 N–H and O–H groups in total. The molecular weight excluding hydrogens is 502 g/mol. The molecule has 220 valence electrons. The van der Waals surface area contributed by atoms with E-state index < -0.39 is 30.1 Å². The topological polar surface area (TPSA) is 131 Å². The summed E-state index contributed by atoms with van der Waals surface area (Å²) in [6.45, 7) is 18.6. The second kappa shape index (κ2) is 14.4. The maximum absolute atomic E-state index is 12.5. The van der Waals surface area contributed by atoms with Crippen LogP contribution in [0.5, 0.6) is 11.5 Å². The maximum Gasteiger partial charge on any atom is 0.323 e. The zero-order chi connectivity index (χ0) is 30.1. The van der Waals surface area contributed by atoms with Crippen LogP contribution in [0.15, 0.2) is 18.2 Å². The predicted octanol–water partition coefficient (Wildman–Crippen LogP) is 5.01. The van der Waals surface area contributed by atoms with Crippen LogP contribution in [0.1, 0.15) is 87.6 Å². The smallest absolute Gasteiger partial charge is 0.323 e. The van der Waals surface area contributed by atoms with Gasteiger partial charge in [0.25, 0.3) is 0 Å². The van der Waals surface area contributed by atoms with E-state index in [0.29, 0.717) is 5.56 Å². The molecule has 0 amide bonds. The van der Waals surface area contributed by atoms with E-state index in [2.05, 4.69) is 0 Å². The van der Waals surface area contributed by atoms with Crippen LogP contribution in [0.25, 0.3) is 0 Å². The Bertz CT molecular complexity index is 1000. The Morgan fingerprint density at radius 2 is 1.31 bits per heavy atom. The Balaban J connectivity index is 2.92. The molecule has 0 fully saturated rings. The first kappa shape index (κ1) is 34.1. The van der Waals surface area contributed by atoms with Crippen molar-refractivity contribution in [2.45, 2.75) is 101 Å². The minimum absolute atomic E-state index is 0.0735. The molecule has 0 heterocycles. The second-order valence-electron chi connectivity index (χ2n) is 12.9. The summed E-state index contributed by atoms with van der Waals surface area (Å²) < 4.78 is 21.7. The summed E-state index contributed by atoms with van der Waals surface area (Å²) in [6, 6.07) is 3.68. The van der Waals surface area contributed by atoms with Gasteiger partial charge in [-0.25, -0.2) is 0 Å². The summed E-state index contributed by atoms with van der Waals surface area (Å²) in [5, 5.41) is 0. The van der Waals surface area contributed by atoms with Crippen LogP contribution in [0.3, 0.4) is 0 Å². The number of benzene rings is 1. The summed E-state index contributed by atoms with van der Waals surface area (Å²) in [7, 11) is 0. The zero-order valence-electron chi connectivity index (χ0n) is 25.2. The molecule has 3 atom stereocenters. The van der Waals surface area contributed by atoms with E-state index in [0.717, 1.165) is 0 Å². The normalized spacial score (nSPS) is 14.3. The SMILES string of the molecule is CC(C)C(C)C(=O)O[C@@H](C)COC(=O)[C@@H](N)Cc1ccc(OC(=O)CC(C)(C)C)c(OC(=O)CC(C)(C)C)c1. The van der Waals surface area contributed by atoms with E-state index in [1.807, 2.05) is 55.4 Å². The maximum atomic E-state index is 12.5. The van der Waals surface area contributed by atoms with Crippen LogP contribution in [-0.4, -0.2) is 42.6 Å². The summed E-state index contributed by atoms with van der Waals surface area (Å²) in [6.07, 6.45) is -0.217. The minimum atomic E-state index is -1.02. The zero-order valence-corrected chi connectivity index (χ0v) is 25.2. The van der Waals surface area contributed by atoms with Gasteiger partial charge in [-0.2, -0.15) is 0 Å². The summed E-state index contributed by atoms with van der Waals surface area (Å²) in [4.78, 5) is 49.6. The average molecular weight is 550 g/mol. The quantitative estimate of drug-likeness (QED) is 0.282. The Morgan fingerprint density at radius 1 is 0.795 bits per heavy atom. The summed E-state index contributed by atoms with van der Waals surface area (Å²) >= 11 is 0. The van der Waals surface area contributed by atoms with Crippen molar-refractivity contribution in [1.29, 1.82) is 0 Å². The Labute approximate surface area is 233 Å². The Kier molecular flexibility index (Phi) is 12.6. The van der Waals surface area contributed by atoms with Crippen LogP contribution >= 0.6 is 0 Å². The van der Waals surface area contributed by atoms with Gasteiger partial charge in [0.15, 0.2) is 11.5 Å². The van der Waals surface area contributed by atoms with Gasteiger partial charge in [0, 0.05) is 0 Å². The molecular formula is C30H47NO8. The number of carbonyl (C=O) groups excluding carboxylic acids is 4. The highest BCUT2D eigenvalue weighted by Gasteiger charge is 2.25. The largest absolute Gasteiger partial charge is 0.461 e. The standard InChI is InChI=1S/C30H47NO8/c1-18(2)20(4)27(34)37-19(3)17-36-28(35)22(31)13-21-11-12-23(38-25(32)15-29(5,6)7)24(14-21)39-26(33)16-30(8,9)10/h11-12,14,18-20,22H,13,15-17,31H2,1-10H3/t19-,20?,22-/m0/s1. The van der Waals surface area contributed by atoms with Crippen molar-refractivity contribution in [1.82, 2.24) is 0 Å². The van der Waals surface area contributed by atoms with Crippen molar-refractivity contribution >= 4 is 23.9 Å². The molecule has 9 nitrogen and oxygen atoms in total. The lowest BCUT2D eigenvalue weighted by Gasteiger charge is -2.20. The van der Waals surface area contributed by atoms with Crippen LogP contribution in [0.4, 0.5) is 0 Å². The monoisotopic (exact) mass is 549 g/mol.